The molecule has 2 N–H and O–H groups in total. The molecule has 1 aromatic carbocycles. The van der Waals surface area contributed by atoms with Crippen molar-refractivity contribution in [3.8, 4) is 0 Å². The first-order valence-corrected chi connectivity index (χ1v) is 7.40. The Kier molecular flexibility index (Phi) is 5.83. The van der Waals surface area contributed by atoms with Gasteiger partial charge < -0.3 is 5.11 Å². The van der Waals surface area contributed by atoms with Crippen LogP contribution in [0.15, 0.2) is 23.1 Å². The van der Waals surface area contributed by atoms with Gasteiger partial charge in [0.2, 0.25) is 10.0 Å². The van der Waals surface area contributed by atoms with Crippen molar-refractivity contribution in [2.24, 2.45) is 5.92 Å². The zero-order chi connectivity index (χ0) is 18.9. The Labute approximate surface area is 130 Å². The average molecular weight is 387 g/mol. The van der Waals surface area contributed by atoms with Gasteiger partial charge in [0.05, 0.1) is 17.5 Å². The molecule has 24 heavy (non-hydrogen) atoms. The summed E-state index contributed by atoms with van der Waals surface area (Å²) in [5, 5.41) is 8.77. The highest BCUT2D eigenvalue weighted by molar-refractivity contribution is 7.89. The lowest BCUT2D eigenvalue weighted by Gasteiger charge is -2.29. The van der Waals surface area contributed by atoms with Crippen LogP contribution in [-0.4, -0.2) is 38.5 Å². The van der Waals surface area contributed by atoms with E-state index in [0.717, 1.165) is 4.72 Å². The van der Waals surface area contributed by atoms with Gasteiger partial charge in [-0.2, -0.15) is 26.3 Å². The normalized spacial score (nSPS) is 14.9. The molecule has 4 nitrogen and oxygen atoms in total. The van der Waals surface area contributed by atoms with E-state index in [1.165, 1.54) is 0 Å². The van der Waals surface area contributed by atoms with Crippen LogP contribution in [-0.2, 0) is 10.0 Å². The van der Waals surface area contributed by atoms with Crippen molar-refractivity contribution in [1.82, 2.24) is 4.72 Å². The van der Waals surface area contributed by atoms with E-state index in [0.29, 0.717) is 12.1 Å². The molecule has 1 aromatic rings. The number of halogens is 8. The fourth-order valence-corrected chi connectivity index (χ4v) is 3.01. The number of hydrogen-bond donors (Lipinski definition) is 2. The molecule has 0 aliphatic heterocycles. The number of rotatable bonds is 5. The van der Waals surface area contributed by atoms with Gasteiger partial charge in [0.25, 0.3) is 0 Å². The molecule has 1 atom stereocenters. The molecule has 1 rings (SSSR count). The second-order valence-electron chi connectivity index (χ2n) is 4.55. The van der Waals surface area contributed by atoms with Crippen LogP contribution in [0, 0.1) is 17.6 Å². The fraction of sp³-hybridized carbons (Fsp3) is 0.455. The molecule has 0 saturated heterocycles. The molecule has 0 aromatic heterocycles. The third kappa shape index (κ3) is 4.77. The summed E-state index contributed by atoms with van der Waals surface area (Å²) in [5.41, 5.74) is 0. The van der Waals surface area contributed by atoms with Crippen LogP contribution in [0.1, 0.15) is 0 Å². The van der Waals surface area contributed by atoms with Crippen LogP contribution in [0.3, 0.4) is 0 Å². The Bertz CT molecular complexity index is 671. The van der Waals surface area contributed by atoms with Gasteiger partial charge in [-0.1, -0.05) is 0 Å². The minimum atomic E-state index is -5.91. The smallest absolute Gasteiger partial charge is 0.395 e. The second-order valence-corrected chi connectivity index (χ2v) is 6.26. The summed E-state index contributed by atoms with van der Waals surface area (Å²) < 4.78 is 126. The van der Waals surface area contributed by atoms with Crippen LogP contribution in [0.2, 0.25) is 0 Å². The summed E-state index contributed by atoms with van der Waals surface area (Å²) in [6.45, 7) is -1.84. The van der Waals surface area contributed by atoms with Crippen LogP contribution < -0.4 is 4.72 Å². The minimum Gasteiger partial charge on any atom is -0.395 e. The van der Waals surface area contributed by atoms with Gasteiger partial charge in [-0.05, 0) is 18.2 Å². The van der Waals surface area contributed by atoms with E-state index < -0.39 is 57.5 Å². The number of aliphatic hydroxyl groups excluding tert-OH is 1. The molecule has 0 aliphatic rings. The minimum absolute atomic E-state index is 0.0717. The molecule has 0 saturated carbocycles. The third-order valence-corrected chi connectivity index (χ3v) is 4.30. The van der Waals surface area contributed by atoms with Crippen molar-refractivity contribution in [3.63, 3.8) is 0 Å². The molecule has 0 aliphatic carbocycles. The number of benzene rings is 1. The number of hydrogen-bond acceptors (Lipinski definition) is 3. The summed E-state index contributed by atoms with van der Waals surface area (Å²) in [6, 6.07) is -2.18. The van der Waals surface area contributed by atoms with Crippen molar-refractivity contribution in [1.29, 1.82) is 0 Å². The Morgan fingerprint density at radius 2 is 1.50 bits per heavy atom. The van der Waals surface area contributed by atoms with Gasteiger partial charge in [0.15, 0.2) is 17.6 Å². The Morgan fingerprint density at radius 1 is 1.00 bits per heavy atom. The predicted molar refractivity (Wildman–Crippen MR) is 63.2 cm³/mol. The molecule has 1 unspecified atom stereocenters. The number of alkyl halides is 6. The van der Waals surface area contributed by atoms with Crippen molar-refractivity contribution in [2.45, 2.75) is 23.3 Å². The highest BCUT2D eigenvalue weighted by Crippen LogP contribution is 2.41. The molecule has 0 radical (unpaired) electrons. The maximum absolute atomic E-state index is 13.0. The van der Waals surface area contributed by atoms with Crippen LogP contribution in [0.5, 0.6) is 0 Å². The van der Waals surface area contributed by atoms with Crippen LogP contribution in [0.25, 0.3) is 0 Å². The van der Waals surface area contributed by atoms with Gasteiger partial charge in [-0.3, -0.25) is 0 Å². The molecule has 0 heterocycles. The van der Waals surface area contributed by atoms with Crippen molar-refractivity contribution >= 4 is 10.0 Å². The van der Waals surface area contributed by atoms with Crippen LogP contribution in [0.4, 0.5) is 35.1 Å². The van der Waals surface area contributed by atoms with Gasteiger partial charge in [0.1, 0.15) is 0 Å². The SMILES string of the molecule is O=S(=O)(NC(CO)C(C(F)(F)F)C(F)(F)F)c1ccc(F)c(F)c1. The van der Waals surface area contributed by atoms with E-state index in [2.05, 4.69) is 0 Å². The first kappa shape index (κ1) is 20.6. The molecular formula is C11H9F8NO3S. The third-order valence-electron chi connectivity index (χ3n) is 2.81. The monoisotopic (exact) mass is 387 g/mol. The maximum Gasteiger partial charge on any atom is 0.402 e. The number of sulfonamides is 1. The zero-order valence-electron chi connectivity index (χ0n) is 11.3. The summed E-state index contributed by atoms with van der Waals surface area (Å²) >= 11 is 0. The first-order valence-electron chi connectivity index (χ1n) is 5.92. The van der Waals surface area contributed by atoms with Crippen molar-refractivity contribution in [2.75, 3.05) is 6.61 Å². The van der Waals surface area contributed by atoms with E-state index in [-0.39, 0.29) is 6.07 Å². The summed E-state index contributed by atoms with van der Waals surface area (Å²) in [5.74, 6) is -7.35. The molecule has 13 heteroatoms. The lowest BCUT2D eigenvalue weighted by molar-refractivity contribution is -0.292. The Hall–Kier alpha value is -1.47. The maximum atomic E-state index is 13.0. The topological polar surface area (TPSA) is 66.4 Å². The number of nitrogens with one attached hydrogen (secondary N) is 1. The highest BCUT2D eigenvalue weighted by Gasteiger charge is 2.60. The van der Waals surface area contributed by atoms with E-state index in [4.69, 9.17) is 5.11 Å². The van der Waals surface area contributed by atoms with Gasteiger partial charge in [-0.15, -0.1) is 0 Å². The lowest BCUT2D eigenvalue weighted by atomic mass is 10.00. The van der Waals surface area contributed by atoms with Crippen molar-refractivity contribution < 1.29 is 48.6 Å². The molecular weight excluding hydrogens is 378 g/mol. The predicted octanol–water partition coefficient (Wildman–Crippen LogP) is 2.34. The first-order chi connectivity index (χ1) is 10.7. The Morgan fingerprint density at radius 3 is 1.88 bits per heavy atom. The standard InChI is InChI=1S/C11H9F8NO3S/c12-6-2-1-5(3-7(6)13)24(22,23)20-8(4-21)9(10(14,15)16)11(17,18)19/h1-3,8-9,20-21H,4H2. The molecule has 0 spiro atoms. The fourth-order valence-electron chi connectivity index (χ4n) is 1.76. The Balaban J connectivity index is 3.24. The van der Waals surface area contributed by atoms with E-state index in [1.807, 2.05) is 0 Å². The quantitative estimate of drug-likeness (QED) is 0.763. The number of aliphatic hydroxyl groups is 1. The van der Waals surface area contributed by atoms with E-state index >= 15 is 0 Å². The summed E-state index contributed by atoms with van der Waals surface area (Å²) in [7, 11) is -5.09. The van der Waals surface area contributed by atoms with Gasteiger partial charge >= 0.3 is 12.4 Å². The average Bonchev–Trinajstić information content (AvgIpc) is 2.37. The molecule has 138 valence electrons. The van der Waals surface area contributed by atoms with E-state index in [1.54, 1.807) is 0 Å². The molecule has 0 bridgehead atoms. The lowest BCUT2D eigenvalue weighted by Crippen LogP contribution is -2.54. The van der Waals surface area contributed by atoms with Gasteiger partial charge in [-0.25, -0.2) is 21.9 Å². The van der Waals surface area contributed by atoms with Gasteiger partial charge in [0, 0.05) is 0 Å². The highest BCUT2D eigenvalue weighted by atomic mass is 32.2. The van der Waals surface area contributed by atoms with Crippen LogP contribution >= 0.6 is 0 Å². The molecule has 0 fully saturated rings. The largest absolute Gasteiger partial charge is 0.402 e. The summed E-state index contributed by atoms with van der Waals surface area (Å²) in [6.07, 6.45) is -11.8. The van der Waals surface area contributed by atoms with Crippen molar-refractivity contribution in [3.05, 3.63) is 29.8 Å². The molecule has 0 amide bonds. The summed E-state index contributed by atoms with van der Waals surface area (Å²) in [4.78, 5) is -1.11. The second kappa shape index (κ2) is 6.80. The zero-order valence-corrected chi connectivity index (χ0v) is 12.1. The van der Waals surface area contributed by atoms with E-state index in [9.17, 15) is 43.5 Å².